The van der Waals surface area contributed by atoms with Gasteiger partial charge in [-0.25, -0.2) is 9.78 Å². The molecule has 0 aliphatic heterocycles. The van der Waals surface area contributed by atoms with Gasteiger partial charge in [-0.2, -0.15) is 0 Å². The highest BCUT2D eigenvalue weighted by Gasteiger charge is 2.11. The lowest BCUT2D eigenvalue weighted by Crippen LogP contribution is -2.14. The van der Waals surface area contributed by atoms with Crippen molar-refractivity contribution in [3.8, 4) is 0 Å². The van der Waals surface area contributed by atoms with Crippen LogP contribution in [0.15, 0.2) is 24.8 Å². The van der Waals surface area contributed by atoms with Crippen LogP contribution in [-0.2, 0) is 0 Å². The molecule has 0 aromatic carbocycles. The van der Waals surface area contributed by atoms with Crippen LogP contribution in [0.2, 0.25) is 0 Å². The van der Waals surface area contributed by atoms with Gasteiger partial charge in [-0.1, -0.05) is 19.9 Å². The Hall–Kier alpha value is -1.84. The van der Waals surface area contributed by atoms with E-state index in [-0.39, 0.29) is 17.5 Å². The summed E-state index contributed by atoms with van der Waals surface area (Å²) in [5.74, 6) is -0.182. The Bertz CT molecular complexity index is 427. The largest absolute Gasteiger partial charge is 0.478 e. The van der Waals surface area contributed by atoms with E-state index in [9.17, 15) is 4.79 Å². The van der Waals surface area contributed by atoms with Gasteiger partial charge < -0.3 is 10.4 Å². The van der Waals surface area contributed by atoms with Gasteiger partial charge in [0.05, 0.1) is 5.56 Å². The Kier molecular flexibility index (Phi) is 4.26. The molecule has 0 radical (unpaired) electrons. The number of carbonyl (C=O) groups is 1. The van der Waals surface area contributed by atoms with Crippen LogP contribution in [0.3, 0.4) is 0 Å². The summed E-state index contributed by atoms with van der Waals surface area (Å²) in [5, 5.41) is 12.1. The van der Waals surface area contributed by atoms with Gasteiger partial charge in [-0.15, -0.1) is 6.58 Å². The third kappa shape index (κ3) is 3.59. The molecule has 0 aliphatic rings. The van der Waals surface area contributed by atoms with Crippen LogP contribution in [0.1, 0.15) is 42.7 Å². The van der Waals surface area contributed by atoms with Crippen molar-refractivity contribution in [1.82, 2.24) is 4.98 Å². The zero-order valence-corrected chi connectivity index (χ0v) is 10.4. The Morgan fingerprint density at radius 2 is 2.12 bits per heavy atom. The summed E-state index contributed by atoms with van der Waals surface area (Å²) in [6, 6.07) is 3.19. The fourth-order valence-electron chi connectivity index (χ4n) is 1.34. The van der Waals surface area contributed by atoms with Gasteiger partial charge in [0.15, 0.2) is 0 Å². The van der Waals surface area contributed by atoms with Crippen molar-refractivity contribution in [3.05, 3.63) is 36.0 Å². The highest BCUT2D eigenvalue weighted by atomic mass is 16.4. The summed E-state index contributed by atoms with van der Waals surface area (Å²) in [6.45, 7) is 9.55. The second-order valence-electron chi connectivity index (χ2n) is 4.29. The third-order valence-electron chi connectivity index (χ3n) is 2.41. The van der Waals surface area contributed by atoms with Crippen LogP contribution < -0.4 is 5.32 Å². The molecule has 2 N–H and O–H groups in total. The standard InChI is InChI=1S/C13H18N2O2/c1-5-9(4)14-12-7-10(13(16)17)6-11(15-12)8(2)3/h5-9H,1H2,2-4H3,(H,14,15)(H,16,17). The molecule has 4 nitrogen and oxygen atoms in total. The van der Waals surface area contributed by atoms with Crippen molar-refractivity contribution in [2.45, 2.75) is 32.7 Å². The van der Waals surface area contributed by atoms with Gasteiger partial charge in [0.25, 0.3) is 0 Å². The predicted octanol–water partition coefficient (Wildman–Crippen LogP) is 2.89. The van der Waals surface area contributed by atoms with Crippen molar-refractivity contribution < 1.29 is 9.90 Å². The van der Waals surface area contributed by atoms with Crippen molar-refractivity contribution in [2.75, 3.05) is 5.32 Å². The number of rotatable bonds is 5. The lowest BCUT2D eigenvalue weighted by Gasteiger charge is -2.13. The number of anilines is 1. The number of nitrogens with zero attached hydrogens (tertiary/aromatic N) is 1. The average Bonchev–Trinajstić information content (AvgIpc) is 2.28. The van der Waals surface area contributed by atoms with Crippen molar-refractivity contribution in [1.29, 1.82) is 0 Å². The maximum atomic E-state index is 11.0. The lowest BCUT2D eigenvalue weighted by molar-refractivity contribution is 0.0696. The Morgan fingerprint density at radius 1 is 1.47 bits per heavy atom. The molecule has 1 aromatic heterocycles. The number of aromatic carboxylic acids is 1. The van der Waals surface area contributed by atoms with Crippen LogP contribution in [0.5, 0.6) is 0 Å². The molecule has 1 rings (SSSR count). The molecule has 0 spiro atoms. The first-order chi connectivity index (χ1) is 7.93. The van der Waals surface area contributed by atoms with E-state index in [1.165, 1.54) is 6.07 Å². The highest BCUT2D eigenvalue weighted by Crippen LogP contribution is 2.18. The van der Waals surface area contributed by atoms with E-state index in [1.54, 1.807) is 12.1 Å². The first-order valence-electron chi connectivity index (χ1n) is 5.58. The minimum absolute atomic E-state index is 0.0477. The molecule has 0 amide bonds. The van der Waals surface area contributed by atoms with Crippen LogP contribution >= 0.6 is 0 Å². The normalized spacial score (nSPS) is 12.2. The molecule has 1 atom stereocenters. The number of pyridine rings is 1. The fraction of sp³-hybridized carbons (Fsp3) is 0.385. The lowest BCUT2D eigenvalue weighted by atomic mass is 10.1. The monoisotopic (exact) mass is 234 g/mol. The van der Waals surface area contributed by atoms with Crippen molar-refractivity contribution in [3.63, 3.8) is 0 Å². The minimum Gasteiger partial charge on any atom is -0.478 e. The van der Waals surface area contributed by atoms with Gasteiger partial charge >= 0.3 is 5.97 Å². The number of aromatic nitrogens is 1. The molecule has 1 aromatic rings. The highest BCUT2D eigenvalue weighted by molar-refractivity contribution is 5.88. The summed E-state index contributed by atoms with van der Waals surface area (Å²) < 4.78 is 0. The zero-order valence-electron chi connectivity index (χ0n) is 10.4. The maximum absolute atomic E-state index is 11.0. The van der Waals surface area contributed by atoms with E-state index in [4.69, 9.17) is 5.11 Å². The molecule has 1 unspecified atom stereocenters. The quantitative estimate of drug-likeness (QED) is 0.769. The van der Waals surface area contributed by atoms with Gasteiger partial charge in [-0.05, 0) is 25.0 Å². The number of hydrogen-bond donors (Lipinski definition) is 2. The summed E-state index contributed by atoms with van der Waals surface area (Å²) in [4.78, 5) is 15.4. The average molecular weight is 234 g/mol. The van der Waals surface area contributed by atoms with Crippen molar-refractivity contribution in [2.24, 2.45) is 0 Å². The van der Waals surface area contributed by atoms with Crippen LogP contribution in [0, 0.1) is 0 Å². The molecule has 1 heterocycles. The van der Waals surface area contributed by atoms with E-state index in [1.807, 2.05) is 20.8 Å². The van der Waals surface area contributed by atoms with Gasteiger partial charge in [0.1, 0.15) is 5.82 Å². The molecular weight excluding hydrogens is 216 g/mol. The number of hydrogen-bond acceptors (Lipinski definition) is 3. The molecule has 17 heavy (non-hydrogen) atoms. The Morgan fingerprint density at radius 3 is 2.59 bits per heavy atom. The second kappa shape index (κ2) is 5.48. The van der Waals surface area contributed by atoms with Gasteiger partial charge in [0, 0.05) is 11.7 Å². The topological polar surface area (TPSA) is 62.2 Å². The number of nitrogens with one attached hydrogen (secondary N) is 1. The molecule has 0 saturated heterocycles. The summed E-state index contributed by atoms with van der Waals surface area (Å²) in [7, 11) is 0. The second-order valence-corrected chi connectivity index (χ2v) is 4.29. The van der Waals surface area contributed by atoms with Gasteiger partial charge in [-0.3, -0.25) is 0 Å². The minimum atomic E-state index is -0.941. The molecule has 0 fully saturated rings. The predicted molar refractivity (Wildman–Crippen MR) is 68.6 cm³/mol. The molecule has 0 aliphatic carbocycles. The van der Waals surface area contributed by atoms with E-state index < -0.39 is 5.97 Å². The number of carboxylic acids is 1. The third-order valence-corrected chi connectivity index (χ3v) is 2.41. The van der Waals surface area contributed by atoms with E-state index in [0.29, 0.717) is 5.82 Å². The van der Waals surface area contributed by atoms with E-state index in [2.05, 4.69) is 16.9 Å². The fourth-order valence-corrected chi connectivity index (χ4v) is 1.34. The van der Waals surface area contributed by atoms with Crippen LogP contribution in [-0.4, -0.2) is 22.1 Å². The number of carboxylic acid groups (broad SMARTS) is 1. The van der Waals surface area contributed by atoms with Crippen LogP contribution in [0.4, 0.5) is 5.82 Å². The van der Waals surface area contributed by atoms with Crippen molar-refractivity contribution >= 4 is 11.8 Å². The zero-order chi connectivity index (χ0) is 13.0. The summed E-state index contributed by atoms with van der Waals surface area (Å²) in [5.41, 5.74) is 1.02. The smallest absolute Gasteiger partial charge is 0.335 e. The van der Waals surface area contributed by atoms with Gasteiger partial charge in [0.2, 0.25) is 0 Å². The Labute approximate surface area is 101 Å². The SMILES string of the molecule is C=CC(C)Nc1cc(C(=O)O)cc(C(C)C)n1. The van der Waals surface area contributed by atoms with E-state index >= 15 is 0 Å². The maximum Gasteiger partial charge on any atom is 0.335 e. The molecular formula is C13H18N2O2. The Balaban J connectivity index is 3.12. The summed E-state index contributed by atoms with van der Waals surface area (Å²) >= 11 is 0. The molecule has 92 valence electrons. The first-order valence-corrected chi connectivity index (χ1v) is 5.58. The van der Waals surface area contributed by atoms with Crippen LogP contribution in [0.25, 0.3) is 0 Å². The summed E-state index contributed by atoms with van der Waals surface area (Å²) in [6.07, 6.45) is 1.74. The molecule has 4 heteroatoms. The first kappa shape index (κ1) is 13.2. The molecule has 0 saturated carbocycles. The molecule has 0 bridgehead atoms. The van der Waals surface area contributed by atoms with E-state index in [0.717, 1.165) is 5.69 Å².